The van der Waals surface area contributed by atoms with E-state index in [0.717, 1.165) is 70.2 Å². The molecule has 0 spiro atoms. The number of rotatable bonds is 8. The lowest BCUT2D eigenvalue weighted by molar-refractivity contribution is 0.107. The lowest BCUT2D eigenvalue weighted by Crippen LogP contribution is -2.53. The molecule has 0 bridgehead atoms. The third-order valence-electron chi connectivity index (χ3n) is 6.22. The Morgan fingerprint density at radius 1 is 1.18 bits per heavy atom. The summed E-state index contributed by atoms with van der Waals surface area (Å²) < 4.78 is 13.6. The van der Waals surface area contributed by atoms with E-state index in [-0.39, 0.29) is 11.2 Å². The highest BCUT2D eigenvalue weighted by Crippen LogP contribution is 2.48. The summed E-state index contributed by atoms with van der Waals surface area (Å²) >= 11 is 0. The molecule has 1 aromatic carbocycles. The minimum Gasteiger partial charge on any atom is -0.357 e. The molecule has 1 atom stereocenters. The Balaban J connectivity index is 1.53. The molecular weight excluding hydrogens is 353 g/mol. The van der Waals surface area contributed by atoms with Gasteiger partial charge in [0.25, 0.3) is 0 Å². The maximum Gasteiger partial charge on any atom is 0.191 e. The van der Waals surface area contributed by atoms with Crippen molar-refractivity contribution in [3.8, 4) is 0 Å². The number of hydrogen-bond acceptors (Lipinski definition) is 3. The van der Waals surface area contributed by atoms with Crippen LogP contribution < -0.4 is 10.6 Å². The fourth-order valence-corrected chi connectivity index (χ4v) is 3.97. The zero-order chi connectivity index (χ0) is 20.0. The topological polar surface area (TPSA) is 42.9 Å². The van der Waals surface area contributed by atoms with Crippen molar-refractivity contribution in [3.63, 3.8) is 0 Å². The molecular formula is C22H36FN5. The van der Waals surface area contributed by atoms with Crippen molar-refractivity contribution < 1.29 is 4.39 Å². The van der Waals surface area contributed by atoms with Crippen LogP contribution in [0.5, 0.6) is 0 Å². The molecule has 1 aliphatic heterocycles. The highest BCUT2D eigenvalue weighted by Gasteiger charge is 2.44. The minimum atomic E-state index is -0.158. The molecule has 0 radical (unpaired) electrons. The number of hydrogen-bond donors (Lipinski definition) is 2. The Morgan fingerprint density at radius 2 is 1.93 bits per heavy atom. The number of piperazine rings is 1. The van der Waals surface area contributed by atoms with Gasteiger partial charge in [-0.3, -0.25) is 9.89 Å². The van der Waals surface area contributed by atoms with Gasteiger partial charge < -0.3 is 15.5 Å². The summed E-state index contributed by atoms with van der Waals surface area (Å²) in [6.07, 6.45) is 2.16. The number of nitrogens with zero attached hydrogens (tertiary/aromatic N) is 3. The number of halogens is 1. The minimum absolute atomic E-state index is 0.0204. The number of likely N-dealkylation sites (N-methyl/N-ethyl adjacent to an activating group) is 1. The molecule has 28 heavy (non-hydrogen) atoms. The lowest BCUT2D eigenvalue weighted by atomic mass is 9.96. The molecule has 2 aliphatic rings. The second-order valence-electron chi connectivity index (χ2n) is 8.19. The van der Waals surface area contributed by atoms with Gasteiger partial charge in [0.05, 0.1) is 6.54 Å². The molecule has 1 saturated carbocycles. The molecule has 1 aromatic rings. The molecule has 0 aromatic heterocycles. The Morgan fingerprint density at radius 3 is 2.54 bits per heavy atom. The average molecular weight is 390 g/mol. The zero-order valence-electron chi connectivity index (χ0n) is 17.7. The molecule has 1 unspecified atom stereocenters. The molecule has 6 heteroatoms. The molecule has 2 N–H and O–H groups in total. The molecule has 0 amide bonds. The smallest absolute Gasteiger partial charge is 0.191 e. The largest absolute Gasteiger partial charge is 0.357 e. The third-order valence-corrected chi connectivity index (χ3v) is 6.22. The second-order valence-corrected chi connectivity index (χ2v) is 8.19. The summed E-state index contributed by atoms with van der Waals surface area (Å²) in [5, 5.41) is 6.87. The molecule has 1 aliphatic carbocycles. The van der Waals surface area contributed by atoms with Gasteiger partial charge in [-0.05, 0) is 50.9 Å². The summed E-state index contributed by atoms with van der Waals surface area (Å²) in [6.45, 7) is 14.7. The summed E-state index contributed by atoms with van der Waals surface area (Å²) in [6, 6.07) is 7.49. The average Bonchev–Trinajstić information content (AvgIpc) is 3.51. The number of guanidine groups is 1. The fourth-order valence-electron chi connectivity index (χ4n) is 3.97. The van der Waals surface area contributed by atoms with Gasteiger partial charge in [0, 0.05) is 50.7 Å². The Kier molecular flexibility index (Phi) is 7.30. The van der Waals surface area contributed by atoms with Crippen LogP contribution in [0, 0.1) is 5.82 Å². The maximum absolute atomic E-state index is 13.6. The third kappa shape index (κ3) is 5.45. The maximum atomic E-state index is 13.6. The van der Waals surface area contributed by atoms with Crippen LogP contribution in [-0.4, -0.2) is 74.2 Å². The van der Waals surface area contributed by atoms with E-state index in [2.05, 4.69) is 41.2 Å². The number of nitrogens with one attached hydrogen (secondary N) is 2. The summed E-state index contributed by atoms with van der Waals surface area (Å²) in [4.78, 5) is 9.90. The van der Waals surface area contributed by atoms with Crippen molar-refractivity contribution in [2.24, 2.45) is 4.99 Å². The first-order chi connectivity index (χ1) is 13.6. The van der Waals surface area contributed by atoms with Crippen LogP contribution in [0.15, 0.2) is 29.3 Å². The van der Waals surface area contributed by atoms with Gasteiger partial charge in [-0.2, -0.15) is 0 Å². The van der Waals surface area contributed by atoms with Gasteiger partial charge in [-0.15, -0.1) is 0 Å². The summed E-state index contributed by atoms with van der Waals surface area (Å²) in [5.74, 6) is 0.707. The summed E-state index contributed by atoms with van der Waals surface area (Å²) in [5.41, 5.74) is 1.10. The first-order valence-corrected chi connectivity index (χ1v) is 10.8. The van der Waals surface area contributed by atoms with E-state index >= 15 is 0 Å². The Bertz CT molecular complexity index is 650. The molecule has 1 saturated heterocycles. The van der Waals surface area contributed by atoms with Gasteiger partial charge in [0.15, 0.2) is 5.96 Å². The predicted molar refractivity (Wildman–Crippen MR) is 114 cm³/mol. The first kappa shape index (κ1) is 21.1. The van der Waals surface area contributed by atoms with Crippen LogP contribution >= 0.6 is 0 Å². The molecule has 5 nitrogen and oxygen atoms in total. The van der Waals surface area contributed by atoms with Crippen molar-refractivity contribution in [1.82, 2.24) is 20.4 Å². The SMILES string of the molecule is CCNC(=NCC1(c2cccc(F)c2)CC1)NCC(C)N1CCN(CC)CC1. The fraction of sp³-hybridized carbons (Fsp3) is 0.682. The lowest BCUT2D eigenvalue weighted by Gasteiger charge is -2.37. The zero-order valence-corrected chi connectivity index (χ0v) is 17.7. The van der Waals surface area contributed by atoms with E-state index in [1.807, 2.05) is 6.07 Å². The second kappa shape index (κ2) is 9.70. The summed E-state index contributed by atoms with van der Waals surface area (Å²) in [7, 11) is 0. The standard InChI is InChI=1S/C22H36FN5/c1-4-24-21(25-16-18(3)28-13-11-27(5-2)12-14-28)26-17-22(9-10-22)19-7-6-8-20(23)15-19/h6-8,15,18H,4-5,9-14,16-17H2,1-3H3,(H2,24,25,26). The Labute approximate surface area is 169 Å². The van der Waals surface area contributed by atoms with Gasteiger partial charge in [-0.25, -0.2) is 4.39 Å². The van der Waals surface area contributed by atoms with Crippen molar-refractivity contribution in [3.05, 3.63) is 35.6 Å². The van der Waals surface area contributed by atoms with Crippen molar-refractivity contribution >= 4 is 5.96 Å². The molecule has 156 valence electrons. The van der Waals surface area contributed by atoms with Crippen LogP contribution in [-0.2, 0) is 5.41 Å². The quantitative estimate of drug-likeness (QED) is 0.529. The van der Waals surface area contributed by atoms with Gasteiger partial charge in [0.2, 0.25) is 0 Å². The highest BCUT2D eigenvalue weighted by molar-refractivity contribution is 5.79. The first-order valence-electron chi connectivity index (χ1n) is 10.8. The van der Waals surface area contributed by atoms with E-state index in [1.165, 1.54) is 6.07 Å². The van der Waals surface area contributed by atoms with Gasteiger partial charge in [-0.1, -0.05) is 19.1 Å². The van der Waals surface area contributed by atoms with Gasteiger partial charge in [0.1, 0.15) is 5.82 Å². The van der Waals surface area contributed by atoms with E-state index < -0.39 is 0 Å². The van der Waals surface area contributed by atoms with Crippen LogP contribution in [0.2, 0.25) is 0 Å². The number of aliphatic imine (C=N–C) groups is 1. The van der Waals surface area contributed by atoms with Gasteiger partial charge >= 0.3 is 0 Å². The molecule has 3 rings (SSSR count). The normalized spacial score (nSPS) is 21.4. The van der Waals surface area contributed by atoms with Crippen molar-refractivity contribution in [2.75, 3.05) is 52.4 Å². The number of benzene rings is 1. The van der Waals surface area contributed by atoms with Crippen molar-refractivity contribution in [1.29, 1.82) is 0 Å². The van der Waals surface area contributed by atoms with Crippen molar-refractivity contribution in [2.45, 2.75) is 45.1 Å². The monoisotopic (exact) mass is 389 g/mol. The highest BCUT2D eigenvalue weighted by atomic mass is 19.1. The van der Waals surface area contributed by atoms with E-state index in [1.54, 1.807) is 12.1 Å². The molecule has 1 heterocycles. The van der Waals surface area contributed by atoms with E-state index in [0.29, 0.717) is 12.6 Å². The van der Waals surface area contributed by atoms with Crippen LogP contribution in [0.25, 0.3) is 0 Å². The van der Waals surface area contributed by atoms with E-state index in [4.69, 9.17) is 4.99 Å². The van der Waals surface area contributed by atoms with Crippen LogP contribution in [0.4, 0.5) is 4.39 Å². The van der Waals surface area contributed by atoms with E-state index in [9.17, 15) is 4.39 Å². The van der Waals surface area contributed by atoms with Crippen LogP contribution in [0.3, 0.4) is 0 Å². The van der Waals surface area contributed by atoms with Crippen LogP contribution in [0.1, 0.15) is 39.2 Å². The molecule has 2 fully saturated rings. The predicted octanol–water partition coefficient (Wildman–Crippen LogP) is 2.44. The Hall–Kier alpha value is -1.66.